The van der Waals surface area contributed by atoms with Gasteiger partial charge in [0.25, 0.3) is 0 Å². The topological polar surface area (TPSA) is 21.3 Å². The Bertz CT molecular complexity index is 44.1. The third-order valence-electron chi connectivity index (χ3n) is 0.902. The highest BCUT2D eigenvalue weighted by molar-refractivity contribution is 6.47. The van der Waals surface area contributed by atoms with Gasteiger partial charge in [-0.2, -0.15) is 0 Å². The lowest BCUT2D eigenvalue weighted by molar-refractivity contribution is 0.373. The molecule has 1 rings (SSSR count). The number of nitrogens with one attached hydrogen (secondary N) is 1. The average molecular weight is 84.9 g/mol. The van der Waals surface area contributed by atoms with Crippen LogP contribution in [0.15, 0.2) is 0 Å². The Morgan fingerprint density at radius 2 is 2.67 bits per heavy atom. The van der Waals surface area contributed by atoms with E-state index in [1.807, 2.05) is 6.82 Å². The minimum absolute atomic E-state index is 0.296. The van der Waals surface area contributed by atoms with Crippen molar-refractivity contribution in [3.8, 4) is 0 Å². The molecule has 1 N–H and O–H groups in total. The van der Waals surface area contributed by atoms with Crippen LogP contribution < -0.4 is 5.23 Å². The summed E-state index contributed by atoms with van der Waals surface area (Å²) in [6, 6.07) is 0. The van der Waals surface area contributed by atoms with Crippen LogP contribution in [0.2, 0.25) is 6.82 Å². The van der Waals surface area contributed by atoms with Crippen LogP contribution in [-0.4, -0.2) is 20.2 Å². The van der Waals surface area contributed by atoms with Gasteiger partial charge in [0, 0.05) is 13.2 Å². The predicted molar refractivity (Wildman–Crippen MR) is 25.6 cm³/mol. The number of rotatable bonds is 0. The standard InChI is InChI=1S/C3H8BNO/c1-4-5-2-3-6-4/h5H,2-3H2,1H3. The lowest BCUT2D eigenvalue weighted by Gasteiger charge is -1.88. The first kappa shape index (κ1) is 4.15. The smallest absolute Gasteiger partial charge is 0.376 e. The van der Waals surface area contributed by atoms with Crippen LogP contribution in [0.1, 0.15) is 0 Å². The molecule has 1 fully saturated rings. The van der Waals surface area contributed by atoms with E-state index in [9.17, 15) is 0 Å². The maximum Gasteiger partial charge on any atom is 0.376 e. The molecule has 0 radical (unpaired) electrons. The summed E-state index contributed by atoms with van der Waals surface area (Å²) >= 11 is 0. The van der Waals surface area contributed by atoms with Crippen LogP contribution in [0.4, 0.5) is 0 Å². The van der Waals surface area contributed by atoms with E-state index in [0.29, 0.717) is 7.05 Å². The molecule has 0 amide bonds. The van der Waals surface area contributed by atoms with Crippen molar-refractivity contribution in [2.45, 2.75) is 6.82 Å². The Kier molecular flexibility index (Phi) is 1.12. The number of hydrogen-bond acceptors (Lipinski definition) is 2. The minimum Gasteiger partial charge on any atom is -0.420 e. The van der Waals surface area contributed by atoms with Gasteiger partial charge in [-0.15, -0.1) is 0 Å². The molecule has 34 valence electrons. The second kappa shape index (κ2) is 1.62. The number of hydrogen-bond donors (Lipinski definition) is 1. The largest absolute Gasteiger partial charge is 0.420 e. The minimum atomic E-state index is 0.296. The molecular weight excluding hydrogens is 76.9 g/mol. The molecule has 0 aromatic carbocycles. The van der Waals surface area contributed by atoms with Gasteiger partial charge in [-0.05, 0) is 6.82 Å². The molecule has 0 aromatic rings. The van der Waals surface area contributed by atoms with Crippen molar-refractivity contribution in [3.63, 3.8) is 0 Å². The van der Waals surface area contributed by atoms with Crippen LogP contribution in [0, 0.1) is 0 Å². The highest BCUT2D eigenvalue weighted by Crippen LogP contribution is 1.85. The molecule has 1 aliphatic heterocycles. The normalized spacial score (nSPS) is 22.5. The second-order valence-electron chi connectivity index (χ2n) is 1.47. The van der Waals surface area contributed by atoms with Gasteiger partial charge < -0.3 is 9.88 Å². The highest BCUT2D eigenvalue weighted by atomic mass is 16.4. The molecule has 3 heteroatoms. The molecule has 1 heterocycles. The third kappa shape index (κ3) is 0.728. The second-order valence-corrected chi connectivity index (χ2v) is 1.47. The van der Waals surface area contributed by atoms with Crippen LogP contribution in [-0.2, 0) is 4.65 Å². The van der Waals surface area contributed by atoms with Gasteiger partial charge in [-0.1, -0.05) is 0 Å². The third-order valence-corrected chi connectivity index (χ3v) is 0.902. The summed E-state index contributed by atoms with van der Waals surface area (Å²) in [5, 5.41) is 3.10. The van der Waals surface area contributed by atoms with E-state index >= 15 is 0 Å². The Labute approximate surface area is 38.0 Å². The van der Waals surface area contributed by atoms with Crippen LogP contribution in [0.25, 0.3) is 0 Å². The van der Waals surface area contributed by atoms with E-state index in [1.54, 1.807) is 0 Å². The molecule has 6 heavy (non-hydrogen) atoms. The van der Waals surface area contributed by atoms with Crippen molar-refractivity contribution in [1.29, 1.82) is 0 Å². The van der Waals surface area contributed by atoms with Crippen molar-refractivity contribution < 1.29 is 4.65 Å². The first-order valence-electron chi connectivity index (χ1n) is 2.24. The van der Waals surface area contributed by atoms with Crippen molar-refractivity contribution in [3.05, 3.63) is 0 Å². The summed E-state index contributed by atoms with van der Waals surface area (Å²) in [5.74, 6) is 0. The van der Waals surface area contributed by atoms with E-state index in [1.165, 1.54) is 0 Å². The molecule has 0 unspecified atom stereocenters. The average Bonchev–Trinajstić information content (AvgIpc) is 1.86. The van der Waals surface area contributed by atoms with Crippen molar-refractivity contribution in [1.82, 2.24) is 5.23 Å². The van der Waals surface area contributed by atoms with Gasteiger partial charge in [0.05, 0.1) is 0 Å². The van der Waals surface area contributed by atoms with Gasteiger partial charge in [0.15, 0.2) is 0 Å². The predicted octanol–water partition coefficient (Wildman–Crippen LogP) is -0.276. The molecule has 0 aliphatic carbocycles. The Morgan fingerprint density at radius 3 is 2.83 bits per heavy atom. The quantitative estimate of drug-likeness (QED) is 0.408. The van der Waals surface area contributed by atoms with E-state index in [2.05, 4.69) is 5.23 Å². The molecule has 0 atom stereocenters. The SMILES string of the molecule is CB1NCCO1. The highest BCUT2D eigenvalue weighted by Gasteiger charge is 2.12. The zero-order valence-electron chi connectivity index (χ0n) is 3.90. The molecule has 0 spiro atoms. The van der Waals surface area contributed by atoms with Gasteiger partial charge in [-0.25, -0.2) is 0 Å². The van der Waals surface area contributed by atoms with Crippen LogP contribution >= 0.6 is 0 Å². The molecule has 2 nitrogen and oxygen atoms in total. The fourth-order valence-electron chi connectivity index (χ4n) is 0.557. The summed E-state index contributed by atoms with van der Waals surface area (Å²) in [6.45, 7) is 3.90. The van der Waals surface area contributed by atoms with Crippen molar-refractivity contribution >= 4 is 7.05 Å². The monoisotopic (exact) mass is 85.1 g/mol. The first-order chi connectivity index (χ1) is 2.89. The lowest BCUT2D eigenvalue weighted by atomic mass is 9.90. The van der Waals surface area contributed by atoms with E-state index in [0.717, 1.165) is 13.2 Å². The maximum atomic E-state index is 5.04. The fourth-order valence-corrected chi connectivity index (χ4v) is 0.557. The summed E-state index contributed by atoms with van der Waals surface area (Å²) in [7, 11) is 0.296. The first-order valence-corrected chi connectivity index (χ1v) is 2.24. The Balaban J connectivity index is 2.18. The van der Waals surface area contributed by atoms with Gasteiger partial charge in [0.1, 0.15) is 0 Å². The Morgan fingerprint density at radius 1 is 1.83 bits per heavy atom. The van der Waals surface area contributed by atoms with Gasteiger partial charge in [0.2, 0.25) is 0 Å². The summed E-state index contributed by atoms with van der Waals surface area (Å²) in [5.41, 5.74) is 0. The lowest BCUT2D eigenvalue weighted by Crippen LogP contribution is -2.23. The Hall–Kier alpha value is -0.0151. The molecule has 0 aromatic heterocycles. The molecule has 1 saturated heterocycles. The zero-order chi connectivity index (χ0) is 4.41. The van der Waals surface area contributed by atoms with E-state index in [4.69, 9.17) is 4.65 Å². The maximum absolute atomic E-state index is 5.04. The molecule has 0 bridgehead atoms. The van der Waals surface area contributed by atoms with Gasteiger partial charge >= 0.3 is 7.05 Å². The molecule has 0 saturated carbocycles. The van der Waals surface area contributed by atoms with E-state index in [-0.39, 0.29) is 0 Å². The summed E-state index contributed by atoms with van der Waals surface area (Å²) in [4.78, 5) is 0. The van der Waals surface area contributed by atoms with Crippen molar-refractivity contribution in [2.24, 2.45) is 0 Å². The molecule has 1 aliphatic rings. The summed E-state index contributed by atoms with van der Waals surface area (Å²) in [6.07, 6.45) is 0. The fraction of sp³-hybridized carbons (Fsp3) is 1.00. The van der Waals surface area contributed by atoms with E-state index < -0.39 is 0 Å². The van der Waals surface area contributed by atoms with Gasteiger partial charge in [-0.3, -0.25) is 0 Å². The summed E-state index contributed by atoms with van der Waals surface area (Å²) < 4.78 is 5.04. The van der Waals surface area contributed by atoms with Crippen molar-refractivity contribution in [2.75, 3.05) is 13.2 Å². The molecular formula is C3H8BNO. The zero-order valence-corrected chi connectivity index (χ0v) is 3.90. The van der Waals surface area contributed by atoms with Crippen LogP contribution in [0.3, 0.4) is 0 Å². The van der Waals surface area contributed by atoms with Crippen LogP contribution in [0.5, 0.6) is 0 Å².